The summed E-state index contributed by atoms with van der Waals surface area (Å²) in [5, 5.41) is 14.4. The molecule has 2 aromatic heterocycles. The number of para-hydroxylation sites is 1. The number of hydrogen-bond acceptors (Lipinski definition) is 7. The molecule has 0 saturated heterocycles. The lowest BCUT2D eigenvalue weighted by Gasteiger charge is -2.09. The van der Waals surface area contributed by atoms with Gasteiger partial charge in [-0.15, -0.1) is 5.10 Å². The van der Waals surface area contributed by atoms with Crippen molar-refractivity contribution >= 4 is 11.8 Å². The molecule has 0 aliphatic rings. The first-order valence-electron chi connectivity index (χ1n) is 8.03. The Hall–Kier alpha value is -3.22. The smallest absolute Gasteiger partial charge is 0.244 e. The number of rotatable bonds is 8. The molecule has 3 rings (SSSR count). The third-order valence-corrected chi connectivity index (χ3v) is 3.65. The summed E-state index contributed by atoms with van der Waals surface area (Å²) in [6, 6.07) is 11.9. The van der Waals surface area contributed by atoms with E-state index in [0.29, 0.717) is 24.9 Å². The zero-order valence-electron chi connectivity index (χ0n) is 14.0. The van der Waals surface area contributed by atoms with E-state index in [4.69, 9.17) is 4.74 Å². The van der Waals surface area contributed by atoms with Gasteiger partial charge in [0.1, 0.15) is 5.75 Å². The van der Waals surface area contributed by atoms with E-state index >= 15 is 0 Å². The van der Waals surface area contributed by atoms with E-state index in [1.54, 1.807) is 25.7 Å². The number of pyridine rings is 1. The van der Waals surface area contributed by atoms with Gasteiger partial charge in [-0.1, -0.05) is 18.2 Å². The van der Waals surface area contributed by atoms with Crippen LogP contribution in [-0.2, 0) is 13.0 Å². The number of aromatic nitrogens is 4. The van der Waals surface area contributed by atoms with Crippen molar-refractivity contribution in [1.29, 1.82) is 0 Å². The van der Waals surface area contributed by atoms with Gasteiger partial charge in [0.2, 0.25) is 5.95 Å². The lowest BCUT2D eigenvalue weighted by Crippen LogP contribution is -2.11. The Morgan fingerprint density at radius 2 is 1.88 bits per heavy atom. The van der Waals surface area contributed by atoms with Crippen molar-refractivity contribution < 1.29 is 4.74 Å². The van der Waals surface area contributed by atoms with Crippen molar-refractivity contribution in [1.82, 2.24) is 20.2 Å². The minimum Gasteiger partial charge on any atom is -0.496 e. The van der Waals surface area contributed by atoms with Crippen LogP contribution in [0.4, 0.5) is 11.8 Å². The number of methoxy groups -OCH3 is 1. The molecule has 2 N–H and O–H groups in total. The Kier molecular flexibility index (Phi) is 5.71. The maximum Gasteiger partial charge on any atom is 0.244 e. The molecule has 0 amide bonds. The van der Waals surface area contributed by atoms with Gasteiger partial charge in [-0.25, -0.2) is 0 Å². The van der Waals surface area contributed by atoms with E-state index in [9.17, 15) is 0 Å². The molecule has 0 radical (unpaired) electrons. The molecular weight excluding hydrogens is 316 g/mol. The first-order valence-corrected chi connectivity index (χ1v) is 8.03. The predicted molar refractivity (Wildman–Crippen MR) is 96.6 cm³/mol. The quantitative estimate of drug-likeness (QED) is 0.654. The molecule has 0 spiro atoms. The van der Waals surface area contributed by atoms with Crippen LogP contribution in [0.1, 0.15) is 11.1 Å². The lowest BCUT2D eigenvalue weighted by molar-refractivity contribution is 0.410. The van der Waals surface area contributed by atoms with E-state index < -0.39 is 0 Å². The van der Waals surface area contributed by atoms with Gasteiger partial charge in [0.15, 0.2) is 5.82 Å². The maximum absolute atomic E-state index is 5.36. The fourth-order valence-electron chi connectivity index (χ4n) is 2.38. The van der Waals surface area contributed by atoms with Crippen molar-refractivity contribution in [2.24, 2.45) is 0 Å². The zero-order valence-corrected chi connectivity index (χ0v) is 14.0. The normalized spacial score (nSPS) is 10.3. The molecule has 3 aromatic rings. The minimum atomic E-state index is 0.495. The van der Waals surface area contributed by atoms with Crippen molar-refractivity contribution in [2.75, 3.05) is 24.3 Å². The van der Waals surface area contributed by atoms with Crippen LogP contribution < -0.4 is 15.4 Å². The van der Waals surface area contributed by atoms with Crippen LogP contribution in [0, 0.1) is 0 Å². The molecule has 1 aromatic carbocycles. The number of anilines is 2. The summed E-state index contributed by atoms with van der Waals surface area (Å²) >= 11 is 0. The molecule has 0 unspecified atom stereocenters. The van der Waals surface area contributed by atoms with Crippen molar-refractivity contribution in [3.8, 4) is 5.75 Å². The second kappa shape index (κ2) is 8.58. The summed E-state index contributed by atoms with van der Waals surface area (Å²) in [6.07, 6.45) is 5.94. The topological polar surface area (TPSA) is 84.9 Å². The van der Waals surface area contributed by atoms with Crippen LogP contribution in [0.3, 0.4) is 0 Å². The van der Waals surface area contributed by atoms with Crippen molar-refractivity contribution in [3.05, 3.63) is 66.1 Å². The first kappa shape index (κ1) is 16.6. The highest BCUT2D eigenvalue weighted by Gasteiger charge is 2.03. The van der Waals surface area contributed by atoms with Crippen LogP contribution >= 0.6 is 0 Å². The van der Waals surface area contributed by atoms with Gasteiger partial charge < -0.3 is 15.4 Å². The highest BCUT2D eigenvalue weighted by Crippen LogP contribution is 2.17. The standard InChI is InChI=1S/C18H20N6O/c1-25-16-5-3-2-4-15(16)8-11-20-18-23-17(13-22-24-18)21-12-14-6-9-19-10-7-14/h2-7,9-10,13H,8,11-12H2,1H3,(H2,20,21,23,24). The van der Waals surface area contributed by atoms with Gasteiger partial charge in [-0.05, 0) is 35.7 Å². The van der Waals surface area contributed by atoms with Gasteiger partial charge in [-0.3, -0.25) is 4.98 Å². The van der Waals surface area contributed by atoms with E-state index in [0.717, 1.165) is 23.3 Å². The summed E-state index contributed by atoms with van der Waals surface area (Å²) in [7, 11) is 1.68. The maximum atomic E-state index is 5.36. The molecule has 2 heterocycles. The average Bonchev–Trinajstić information content (AvgIpc) is 2.68. The number of nitrogens with zero attached hydrogens (tertiary/aromatic N) is 4. The van der Waals surface area contributed by atoms with Gasteiger partial charge in [0, 0.05) is 25.5 Å². The third kappa shape index (κ3) is 4.87. The molecule has 7 heteroatoms. The van der Waals surface area contributed by atoms with Crippen LogP contribution in [0.15, 0.2) is 55.0 Å². The summed E-state index contributed by atoms with van der Waals surface area (Å²) in [5.41, 5.74) is 2.26. The summed E-state index contributed by atoms with van der Waals surface area (Å²) in [5.74, 6) is 2.05. The molecular formula is C18H20N6O. The zero-order chi connectivity index (χ0) is 17.3. The van der Waals surface area contributed by atoms with E-state index in [-0.39, 0.29) is 0 Å². The van der Waals surface area contributed by atoms with Gasteiger partial charge in [-0.2, -0.15) is 10.1 Å². The molecule has 7 nitrogen and oxygen atoms in total. The predicted octanol–water partition coefficient (Wildman–Crippen LogP) is 2.54. The van der Waals surface area contributed by atoms with Crippen LogP contribution in [0.25, 0.3) is 0 Å². The summed E-state index contributed by atoms with van der Waals surface area (Å²) in [4.78, 5) is 8.42. The molecule has 25 heavy (non-hydrogen) atoms. The molecule has 0 bridgehead atoms. The summed E-state index contributed by atoms with van der Waals surface area (Å²) < 4.78 is 5.36. The van der Waals surface area contributed by atoms with E-state index in [1.807, 2.05) is 36.4 Å². The Morgan fingerprint density at radius 3 is 2.72 bits per heavy atom. The van der Waals surface area contributed by atoms with Gasteiger partial charge >= 0.3 is 0 Å². The average molecular weight is 336 g/mol. The summed E-state index contributed by atoms with van der Waals surface area (Å²) in [6.45, 7) is 1.34. The Bertz CT molecular complexity index is 796. The molecule has 128 valence electrons. The van der Waals surface area contributed by atoms with E-state index in [1.165, 1.54) is 0 Å². The molecule has 0 aliphatic carbocycles. The Balaban J connectivity index is 1.53. The lowest BCUT2D eigenvalue weighted by atomic mass is 10.1. The largest absolute Gasteiger partial charge is 0.496 e. The fraction of sp³-hybridized carbons (Fsp3) is 0.222. The number of ether oxygens (including phenoxy) is 1. The highest BCUT2D eigenvalue weighted by molar-refractivity contribution is 5.38. The van der Waals surface area contributed by atoms with E-state index in [2.05, 4.69) is 30.8 Å². The van der Waals surface area contributed by atoms with Gasteiger partial charge in [0.05, 0.1) is 13.3 Å². The van der Waals surface area contributed by atoms with Crippen molar-refractivity contribution in [3.63, 3.8) is 0 Å². The highest BCUT2D eigenvalue weighted by atomic mass is 16.5. The SMILES string of the molecule is COc1ccccc1CCNc1nncc(NCc2ccncc2)n1. The van der Waals surface area contributed by atoms with Crippen LogP contribution in [-0.4, -0.2) is 33.8 Å². The second-order valence-electron chi connectivity index (χ2n) is 5.36. The number of nitrogens with one attached hydrogen (secondary N) is 2. The Morgan fingerprint density at radius 1 is 1.04 bits per heavy atom. The first-order chi connectivity index (χ1) is 12.3. The van der Waals surface area contributed by atoms with Gasteiger partial charge in [0.25, 0.3) is 0 Å². The Labute approximate surface area is 146 Å². The fourth-order valence-corrected chi connectivity index (χ4v) is 2.38. The number of hydrogen-bond donors (Lipinski definition) is 2. The van der Waals surface area contributed by atoms with Crippen molar-refractivity contribution in [2.45, 2.75) is 13.0 Å². The third-order valence-electron chi connectivity index (χ3n) is 3.65. The van der Waals surface area contributed by atoms with Crippen LogP contribution in [0.5, 0.6) is 5.75 Å². The molecule has 0 aliphatic heterocycles. The van der Waals surface area contributed by atoms with Crippen LogP contribution in [0.2, 0.25) is 0 Å². The molecule has 0 fully saturated rings. The number of benzene rings is 1. The monoisotopic (exact) mass is 336 g/mol. The molecule has 0 saturated carbocycles. The minimum absolute atomic E-state index is 0.495. The second-order valence-corrected chi connectivity index (χ2v) is 5.36. The molecule has 0 atom stereocenters.